The fourth-order valence-corrected chi connectivity index (χ4v) is 6.27. The van der Waals surface area contributed by atoms with Crippen LogP contribution in [0, 0.1) is 40.4 Å². The lowest BCUT2D eigenvalue weighted by atomic mass is 9.83. The molecule has 19 heteroatoms. The topological polar surface area (TPSA) is 197 Å². The van der Waals surface area contributed by atoms with Gasteiger partial charge in [-0.3, -0.25) is 33.7 Å². The second-order valence-corrected chi connectivity index (χ2v) is 16.4. The number of imide groups is 1. The molecule has 1 saturated carbocycles. The maximum atomic E-state index is 14.6. The average Bonchev–Trinajstić information content (AvgIpc) is 3.18. The van der Waals surface area contributed by atoms with Crippen LogP contribution in [0.2, 0.25) is 5.02 Å². The lowest BCUT2D eigenvalue weighted by Gasteiger charge is -2.34. The molecule has 0 bridgehead atoms. The molecule has 0 radical (unpaired) electrons. The summed E-state index contributed by atoms with van der Waals surface area (Å²) in [5.41, 5.74) is 4.36. The number of rotatable bonds is 17. The zero-order chi connectivity index (χ0) is 45.5. The van der Waals surface area contributed by atoms with E-state index in [9.17, 15) is 55.5 Å². The number of unbranched alkanes of at least 4 members (excludes halogenated alkanes) is 1. The smallest absolute Gasteiger partial charge is 0.324 e. The monoisotopic (exact) mass is 872 g/mol. The molecule has 1 fully saturated rings. The van der Waals surface area contributed by atoms with Crippen LogP contribution in [-0.4, -0.2) is 71.4 Å². The van der Waals surface area contributed by atoms with Gasteiger partial charge in [-0.2, -0.15) is 0 Å². The Hall–Kier alpha value is -5.13. The Bertz CT molecular complexity index is 1860. The van der Waals surface area contributed by atoms with E-state index in [4.69, 9.17) is 17.3 Å². The van der Waals surface area contributed by atoms with Gasteiger partial charge in [0.2, 0.25) is 23.4 Å². The molecule has 0 saturated heterocycles. The van der Waals surface area contributed by atoms with Crippen LogP contribution < -0.4 is 27.0 Å². The highest BCUT2D eigenvalue weighted by atomic mass is 35.5. The number of urea groups is 1. The standard InChI is InChI=1S/C36H42ClF5N6O7.C5H12/c1-3-5-15-48(35(54)30(18-11-7-6-8-12-18)47-33(52)23-24(38)26(40)28(42)27(41)25(23)39)36(55)45-21(10-4-2)31(50)34(53)44-17-22(49)46-29(32(43)51)19-13-9-14-20(37)16-19;1-5(2,3)4/h9,13-14,16,18,21,29-30H,3-8,10-12,15,17H2,1-2H3,(H2,43,51)(H,44,53)(H,45,55)(H,46,49)(H,47,52);1-4H3. The number of nitrogens with zero attached hydrogens (tertiary/aromatic N) is 1. The van der Waals surface area contributed by atoms with Gasteiger partial charge in [0.1, 0.15) is 17.6 Å². The first-order valence-corrected chi connectivity index (χ1v) is 20.0. The molecular formula is C41H54ClF5N6O7. The average molecular weight is 873 g/mol. The van der Waals surface area contributed by atoms with Crippen molar-refractivity contribution in [2.24, 2.45) is 17.1 Å². The Morgan fingerprint density at radius 3 is 1.92 bits per heavy atom. The van der Waals surface area contributed by atoms with Gasteiger partial charge in [0.15, 0.2) is 23.3 Å². The number of halogens is 6. The molecule has 0 aromatic heterocycles. The number of hydrogen-bond donors (Lipinski definition) is 5. The summed E-state index contributed by atoms with van der Waals surface area (Å²) in [4.78, 5) is 92.3. The number of nitrogens with two attached hydrogens (primary N) is 1. The van der Waals surface area contributed by atoms with Gasteiger partial charge in [-0.05, 0) is 54.7 Å². The van der Waals surface area contributed by atoms with E-state index in [2.05, 4.69) is 49.0 Å². The predicted molar refractivity (Wildman–Crippen MR) is 213 cm³/mol. The van der Waals surface area contributed by atoms with Gasteiger partial charge in [0.25, 0.3) is 17.7 Å². The molecule has 6 N–H and O–H groups in total. The maximum absolute atomic E-state index is 14.6. The normalized spacial score (nSPS) is 14.3. The quantitative estimate of drug-likeness (QED) is 0.0532. The van der Waals surface area contributed by atoms with Crippen LogP contribution in [0.5, 0.6) is 0 Å². The Morgan fingerprint density at radius 1 is 0.833 bits per heavy atom. The highest BCUT2D eigenvalue weighted by Crippen LogP contribution is 2.29. The SMILES string of the molecule is CC(C)(C)C.CCCCN(C(=O)NC(CCC)C(=O)C(=O)NCC(=O)NC(C(N)=O)c1cccc(Cl)c1)C(=O)C(NC(=O)c1c(F)c(F)c(F)c(F)c1F)C1CCCCC1. The number of ketones is 1. The molecule has 0 spiro atoms. The second kappa shape index (κ2) is 23.6. The molecule has 2 aromatic carbocycles. The molecule has 1 aliphatic rings. The van der Waals surface area contributed by atoms with E-state index in [-0.39, 0.29) is 36.4 Å². The third-order valence-electron chi connectivity index (χ3n) is 8.95. The predicted octanol–water partition coefficient (Wildman–Crippen LogP) is 6.30. The lowest BCUT2D eigenvalue weighted by Crippen LogP contribution is -2.58. The third kappa shape index (κ3) is 15.2. The van der Waals surface area contributed by atoms with Crippen molar-refractivity contribution in [3.8, 4) is 0 Å². The van der Waals surface area contributed by atoms with E-state index >= 15 is 0 Å². The first-order chi connectivity index (χ1) is 28.0. The molecule has 7 amide bonds. The largest absolute Gasteiger partial charge is 0.368 e. The molecule has 13 nitrogen and oxygen atoms in total. The number of nitrogens with one attached hydrogen (secondary N) is 4. The zero-order valence-electron chi connectivity index (χ0n) is 34.5. The summed E-state index contributed by atoms with van der Waals surface area (Å²) in [6.07, 6.45) is 3.29. The first-order valence-electron chi connectivity index (χ1n) is 19.6. The van der Waals surface area contributed by atoms with E-state index < -0.39 is 107 Å². The van der Waals surface area contributed by atoms with Gasteiger partial charge in [0.05, 0.1) is 12.6 Å². The second-order valence-electron chi connectivity index (χ2n) is 15.9. The van der Waals surface area contributed by atoms with Crippen LogP contribution in [0.4, 0.5) is 26.7 Å². The molecule has 0 aliphatic heterocycles. The molecule has 0 heterocycles. The van der Waals surface area contributed by atoms with Gasteiger partial charge in [-0.1, -0.05) is 97.4 Å². The molecule has 60 heavy (non-hydrogen) atoms. The highest BCUT2D eigenvalue weighted by molar-refractivity contribution is 6.38. The van der Waals surface area contributed by atoms with Crippen LogP contribution in [0.25, 0.3) is 0 Å². The summed E-state index contributed by atoms with van der Waals surface area (Å²) in [7, 11) is 0. The number of carbonyl (C=O) groups is 7. The Balaban J connectivity index is 0.00000233. The van der Waals surface area contributed by atoms with Crippen LogP contribution in [0.15, 0.2) is 24.3 Å². The van der Waals surface area contributed by atoms with Crippen molar-refractivity contribution in [3.63, 3.8) is 0 Å². The minimum absolute atomic E-state index is 0.110. The van der Waals surface area contributed by atoms with Crippen molar-refractivity contribution >= 4 is 53.0 Å². The van der Waals surface area contributed by atoms with Gasteiger partial charge < -0.3 is 27.0 Å². The third-order valence-corrected chi connectivity index (χ3v) is 9.19. The molecule has 3 atom stereocenters. The molecule has 2 aromatic rings. The summed E-state index contributed by atoms with van der Waals surface area (Å²) in [6.45, 7) is 11.0. The number of hydrogen-bond acceptors (Lipinski definition) is 7. The van der Waals surface area contributed by atoms with Gasteiger partial charge in [0, 0.05) is 11.6 Å². The minimum Gasteiger partial charge on any atom is -0.368 e. The number of Topliss-reactive ketones (excluding diaryl/α,β-unsaturated/α-hetero) is 1. The van der Waals surface area contributed by atoms with E-state index in [0.29, 0.717) is 42.4 Å². The molecule has 1 aliphatic carbocycles. The Morgan fingerprint density at radius 2 is 1.40 bits per heavy atom. The summed E-state index contributed by atoms with van der Waals surface area (Å²) in [5.74, 6) is -19.9. The van der Waals surface area contributed by atoms with Crippen molar-refractivity contribution < 1.29 is 55.5 Å². The van der Waals surface area contributed by atoms with Crippen LogP contribution >= 0.6 is 11.6 Å². The highest BCUT2D eigenvalue weighted by Gasteiger charge is 2.39. The van der Waals surface area contributed by atoms with Gasteiger partial charge in [-0.15, -0.1) is 0 Å². The van der Waals surface area contributed by atoms with E-state index in [0.717, 1.165) is 6.42 Å². The molecule has 3 rings (SSSR count). The summed E-state index contributed by atoms with van der Waals surface area (Å²) >= 11 is 5.95. The summed E-state index contributed by atoms with van der Waals surface area (Å²) < 4.78 is 70.8. The molecule has 3 unspecified atom stereocenters. The Kier molecular flexibility index (Phi) is 20.1. The van der Waals surface area contributed by atoms with Crippen molar-refractivity contribution in [3.05, 3.63) is 69.5 Å². The van der Waals surface area contributed by atoms with Crippen molar-refractivity contribution in [2.45, 2.75) is 117 Å². The van der Waals surface area contributed by atoms with Crippen molar-refractivity contribution in [1.82, 2.24) is 26.2 Å². The molecular weight excluding hydrogens is 819 g/mol. The zero-order valence-corrected chi connectivity index (χ0v) is 35.3. The maximum Gasteiger partial charge on any atom is 0.324 e. The van der Waals surface area contributed by atoms with Crippen LogP contribution in [-0.2, 0) is 24.0 Å². The van der Waals surface area contributed by atoms with Crippen molar-refractivity contribution in [2.75, 3.05) is 13.1 Å². The van der Waals surface area contributed by atoms with E-state index in [1.54, 1.807) is 13.8 Å². The number of amides is 7. The van der Waals surface area contributed by atoms with Crippen molar-refractivity contribution in [1.29, 1.82) is 0 Å². The van der Waals surface area contributed by atoms with Crippen LogP contribution in [0.1, 0.15) is 121 Å². The fourth-order valence-electron chi connectivity index (χ4n) is 6.07. The van der Waals surface area contributed by atoms with Gasteiger partial charge >= 0.3 is 6.03 Å². The van der Waals surface area contributed by atoms with Crippen LogP contribution in [0.3, 0.4) is 0 Å². The molecule has 332 valence electrons. The lowest BCUT2D eigenvalue weighted by molar-refractivity contribution is -0.140. The summed E-state index contributed by atoms with van der Waals surface area (Å²) in [6, 6.07) is 0.235. The van der Waals surface area contributed by atoms with Gasteiger partial charge in [-0.25, -0.2) is 26.7 Å². The number of benzene rings is 2. The fraction of sp³-hybridized carbons (Fsp3) is 0.537. The first kappa shape index (κ1) is 51.0. The number of primary amides is 1. The van der Waals surface area contributed by atoms with E-state index in [1.165, 1.54) is 24.3 Å². The van der Waals surface area contributed by atoms with E-state index in [1.807, 2.05) is 0 Å². The minimum atomic E-state index is -2.48. The number of carbonyl (C=O) groups excluding carboxylic acids is 7. The summed E-state index contributed by atoms with van der Waals surface area (Å²) in [5, 5.41) is 9.14. The Labute approximate surface area is 351 Å².